The van der Waals surface area contributed by atoms with Crippen molar-refractivity contribution in [2.24, 2.45) is 11.7 Å². The van der Waals surface area contributed by atoms with Gasteiger partial charge in [-0.25, -0.2) is 0 Å². The summed E-state index contributed by atoms with van der Waals surface area (Å²) in [5, 5.41) is 2.88. The van der Waals surface area contributed by atoms with E-state index in [0.717, 1.165) is 16.9 Å². The molecule has 0 aliphatic carbocycles. The number of nitrogens with one attached hydrogen (secondary N) is 1. The molecule has 2 rings (SSSR count). The molecule has 128 valence electrons. The van der Waals surface area contributed by atoms with Crippen molar-refractivity contribution < 1.29 is 9.53 Å². The maximum atomic E-state index is 11.9. The Morgan fingerprint density at radius 1 is 1.04 bits per heavy atom. The third-order valence-corrected chi connectivity index (χ3v) is 3.70. The van der Waals surface area contributed by atoms with Crippen LogP contribution >= 0.6 is 0 Å². The average Bonchev–Trinajstić information content (AvgIpc) is 2.59. The first-order chi connectivity index (χ1) is 11.5. The largest absolute Gasteiger partial charge is 0.489 e. The van der Waals surface area contributed by atoms with Gasteiger partial charge < -0.3 is 15.8 Å². The predicted octanol–water partition coefficient (Wildman–Crippen LogP) is 3.26. The number of carbonyl (C=O) groups is 1. The van der Waals surface area contributed by atoms with Crippen molar-refractivity contribution >= 4 is 5.91 Å². The lowest BCUT2D eigenvalue weighted by Gasteiger charge is -2.14. The van der Waals surface area contributed by atoms with Crippen molar-refractivity contribution in [2.75, 3.05) is 0 Å². The summed E-state index contributed by atoms with van der Waals surface area (Å²) in [6.07, 6.45) is 0.693. The quantitative estimate of drug-likeness (QED) is 0.782. The van der Waals surface area contributed by atoms with Gasteiger partial charge in [-0.05, 0) is 35.6 Å². The van der Waals surface area contributed by atoms with E-state index in [9.17, 15) is 4.79 Å². The highest BCUT2D eigenvalue weighted by Gasteiger charge is 2.14. The molecule has 0 aliphatic rings. The third kappa shape index (κ3) is 6.05. The molecule has 0 aliphatic heterocycles. The van der Waals surface area contributed by atoms with E-state index in [2.05, 4.69) is 19.2 Å². The van der Waals surface area contributed by atoms with Crippen LogP contribution in [0.3, 0.4) is 0 Å². The Kier molecular flexibility index (Phi) is 6.82. The van der Waals surface area contributed by atoms with Crippen LogP contribution in [-0.2, 0) is 17.9 Å². The number of rotatable bonds is 8. The molecule has 0 saturated heterocycles. The van der Waals surface area contributed by atoms with Gasteiger partial charge in [0.25, 0.3) is 0 Å². The van der Waals surface area contributed by atoms with Gasteiger partial charge in [0.05, 0.1) is 6.04 Å². The molecule has 2 aromatic rings. The summed E-state index contributed by atoms with van der Waals surface area (Å²) in [4.78, 5) is 11.9. The number of ether oxygens (including phenoxy) is 1. The molecule has 1 amide bonds. The van der Waals surface area contributed by atoms with Crippen molar-refractivity contribution in [3.63, 3.8) is 0 Å². The monoisotopic (exact) mass is 326 g/mol. The first-order valence-electron chi connectivity index (χ1n) is 8.33. The Balaban J connectivity index is 1.78. The zero-order chi connectivity index (χ0) is 17.4. The molecule has 0 fully saturated rings. The topological polar surface area (TPSA) is 64.4 Å². The molecule has 0 saturated carbocycles. The van der Waals surface area contributed by atoms with Crippen LogP contribution in [0.25, 0.3) is 0 Å². The maximum absolute atomic E-state index is 11.9. The summed E-state index contributed by atoms with van der Waals surface area (Å²) in [6.45, 7) is 5.13. The highest BCUT2D eigenvalue weighted by atomic mass is 16.5. The molecule has 1 atom stereocenters. The highest BCUT2D eigenvalue weighted by molar-refractivity contribution is 5.81. The summed E-state index contributed by atoms with van der Waals surface area (Å²) >= 11 is 0. The fourth-order valence-corrected chi connectivity index (χ4v) is 2.38. The standard InChI is InChI=1S/C20H26N2O2/c1-15(2)12-19(21)20(23)22-13-16-8-10-18(11-9-16)24-14-17-6-4-3-5-7-17/h3-11,15,19H,12-14,21H2,1-2H3,(H,22,23)/t19-/m0/s1. The normalized spacial score (nSPS) is 12.0. The second-order valence-electron chi connectivity index (χ2n) is 6.37. The van der Waals surface area contributed by atoms with Crippen LogP contribution in [0.1, 0.15) is 31.4 Å². The van der Waals surface area contributed by atoms with Crippen LogP contribution in [0.5, 0.6) is 5.75 Å². The van der Waals surface area contributed by atoms with Crippen molar-refractivity contribution in [3.8, 4) is 5.75 Å². The molecule has 0 radical (unpaired) electrons. The van der Waals surface area contributed by atoms with Gasteiger partial charge in [0.2, 0.25) is 5.91 Å². The zero-order valence-corrected chi connectivity index (χ0v) is 14.4. The Morgan fingerprint density at radius 2 is 1.71 bits per heavy atom. The molecular weight excluding hydrogens is 300 g/mol. The molecule has 0 heterocycles. The summed E-state index contributed by atoms with van der Waals surface area (Å²) in [5.74, 6) is 1.12. The Bertz CT molecular complexity index is 624. The van der Waals surface area contributed by atoms with Gasteiger partial charge in [-0.3, -0.25) is 4.79 Å². The highest BCUT2D eigenvalue weighted by Crippen LogP contribution is 2.14. The molecule has 0 aromatic heterocycles. The van der Waals surface area contributed by atoms with Gasteiger partial charge >= 0.3 is 0 Å². The van der Waals surface area contributed by atoms with Crippen LogP contribution in [0.4, 0.5) is 0 Å². The smallest absolute Gasteiger partial charge is 0.237 e. The molecule has 0 bridgehead atoms. The first-order valence-corrected chi connectivity index (χ1v) is 8.33. The minimum Gasteiger partial charge on any atom is -0.489 e. The molecular formula is C20H26N2O2. The molecule has 0 unspecified atom stereocenters. The average molecular weight is 326 g/mol. The minimum absolute atomic E-state index is 0.104. The maximum Gasteiger partial charge on any atom is 0.237 e. The van der Waals surface area contributed by atoms with Crippen LogP contribution in [0, 0.1) is 5.92 Å². The number of carbonyl (C=O) groups excluding carboxylic acids is 1. The van der Waals surface area contributed by atoms with Crippen molar-refractivity contribution in [1.29, 1.82) is 0 Å². The molecule has 24 heavy (non-hydrogen) atoms. The molecule has 2 aromatic carbocycles. The summed E-state index contributed by atoms with van der Waals surface area (Å²) in [5.41, 5.74) is 8.02. The van der Waals surface area contributed by atoms with Crippen LogP contribution in [0.2, 0.25) is 0 Å². The predicted molar refractivity (Wildman–Crippen MR) is 96.5 cm³/mol. The SMILES string of the molecule is CC(C)C[C@H](N)C(=O)NCc1ccc(OCc2ccccc2)cc1. The Hall–Kier alpha value is -2.33. The van der Waals surface area contributed by atoms with Gasteiger partial charge in [-0.2, -0.15) is 0 Å². The molecule has 3 N–H and O–H groups in total. The van der Waals surface area contributed by atoms with Gasteiger partial charge in [0.1, 0.15) is 12.4 Å². The number of nitrogens with two attached hydrogens (primary N) is 1. The molecule has 4 heteroatoms. The van der Waals surface area contributed by atoms with Gasteiger partial charge in [-0.15, -0.1) is 0 Å². The minimum atomic E-state index is -0.446. The van der Waals surface area contributed by atoms with Crippen molar-refractivity contribution in [2.45, 2.75) is 39.5 Å². The number of hydrogen-bond donors (Lipinski definition) is 2. The van der Waals surface area contributed by atoms with Gasteiger partial charge in [0.15, 0.2) is 0 Å². The Morgan fingerprint density at radius 3 is 2.33 bits per heavy atom. The lowest BCUT2D eigenvalue weighted by molar-refractivity contribution is -0.122. The van der Waals surface area contributed by atoms with Crippen LogP contribution in [0.15, 0.2) is 54.6 Å². The summed E-state index contributed by atoms with van der Waals surface area (Å²) in [7, 11) is 0. The fourth-order valence-electron chi connectivity index (χ4n) is 2.38. The first kappa shape index (κ1) is 18.0. The number of hydrogen-bond acceptors (Lipinski definition) is 3. The van der Waals surface area contributed by atoms with E-state index in [1.807, 2.05) is 54.6 Å². The third-order valence-electron chi connectivity index (χ3n) is 3.70. The summed E-state index contributed by atoms with van der Waals surface area (Å²) < 4.78 is 5.75. The number of benzene rings is 2. The van der Waals surface area contributed by atoms with E-state index in [1.54, 1.807) is 0 Å². The van der Waals surface area contributed by atoms with E-state index in [0.29, 0.717) is 25.5 Å². The lowest BCUT2D eigenvalue weighted by Crippen LogP contribution is -2.40. The van der Waals surface area contributed by atoms with Gasteiger partial charge in [0, 0.05) is 6.54 Å². The molecule has 4 nitrogen and oxygen atoms in total. The van der Waals surface area contributed by atoms with Crippen molar-refractivity contribution in [3.05, 3.63) is 65.7 Å². The molecule has 0 spiro atoms. The zero-order valence-electron chi connectivity index (χ0n) is 14.4. The fraction of sp³-hybridized carbons (Fsp3) is 0.350. The Labute approximate surface area is 144 Å². The second kappa shape index (κ2) is 9.08. The van der Waals surface area contributed by atoms with Gasteiger partial charge in [-0.1, -0.05) is 56.3 Å². The van der Waals surface area contributed by atoms with Crippen molar-refractivity contribution in [1.82, 2.24) is 5.32 Å². The van der Waals surface area contributed by atoms with E-state index < -0.39 is 6.04 Å². The second-order valence-corrected chi connectivity index (χ2v) is 6.37. The van der Waals surface area contributed by atoms with E-state index in [4.69, 9.17) is 10.5 Å². The van der Waals surface area contributed by atoms with Crippen LogP contribution < -0.4 is 15.8 Å². The summed E-state index contributed by atoms with van der Waals surface area (Å²) in [6, 6.07) is 17.3. The van der Waals surface area contributed by atoms with E-state index in [-0.39, 0.29) is 5.91 Å². The van der Waals surface area contributed by atoms with E-state index in [1.165, 1.54) is 0 Å². The van der Waals surface area contributed by atoms with Crippen LogP contribution in [-0.4, -0.2) is 11.9 Å². The number of amides is 1. The van der Waals surface area contributed by atoms with E-state index >= 15 is 0 Å². The lowest BCUT2D eigenvalue weighted by atomic mass is 10.0.